The van der Waals surface area contributed by atoms with Crippen molar-refractivity contribution in [2.75, 3.05) is 18.4 Å². The third kappa shape index (κ3) is 3.52. The highest BCUT2D eigenvalue weighted by molar-refractivity contribution is 6.32. The van der Waals surface area contributed by atoms with Crippen LogP contribution in [0.1, 0.15) is 24.8 Å². The number of carbonyl (C=O) groups is 1. The summed E-state index contributed by atoms with van der Waals surface area (Å²) in [6.07, 6.45) is 5.91. The molecule has 0 saturated carbocycles. The number of hydrogen-bond acceptors (Lipinski definition) is 4. The number of imidazole rings is 1. The summed E-state index contributed by atoms with van der Waals surface area (Å²) < 4.78 is 1.83. The number of nitrogens with zero attached hydrogens (tertiary/aromatic N) is 4. The van der Waals surface area contributed by atoms with Crippen LogP contribution in [-0.4, -0.2) is 43.7 Å². The third-order valence-electron chi connectivity index (χ3n) is 4.40. The van der Waals surface area contributed by atoms with Gasteiger partial charge < -0.3 is 19.9 Å². The second-order valence-electron chi connectivity index (χ2n) is 5.94. The van der Waals surface area contributed by atoms with E-state index in [9.17, 15) is 9.90 Å². The molecule has 0 aromatic carbocycles. The smallest absolute Gasteiger partial charge is 0.321 e. The van der Waals surface area contributed by atoms with Gasteiger partial charge in [0.1, 0.15) is 11.9 Å². The Hall–Kier alpha value is -2.12. The Morgan fingerprint density at radius 3 is 2.75 bits per heavy atom. The normalized spacial score (nSPS) is 16.9. The summed E-state index contributed by atoms with van der Waals surface area (Å²) in [5, 5.41) is 13.5. The van der Waals surface area contributed by atoms with Crippen molar-refractivity contribution in [3.63, 3.8) is 0 Å². The van der Waals surface area contributed by atoms with Gasteiger partial charge in [-0.3, -0.25) is 0 Å². The molecule has 1 fully saturated rings. The average molecular weight is 350 g/mol. The van der Waals surface area contributed by atoms with Gasteiger partial charge in [0.15, 0.2) is 5.15 Å². The lowest BCUT2D eigenvalue weighted by molar-refractivity contribution is 0.0600. The fourth-order valence-electron chi connectivity index (χ4n) is 2.96. The molecule has 2 aromatic rings. The Balaban J connectivity index is 1.56. The van der Waals surface area contributed by atoms with Crippen molar-refractivity contribution < 1.29 is 9.90 Å². The molecular weight excluding hydrogens is 330 g/mol. The van der Waals surface area contributed by atoms with Crippen molar-refractivity contribution >= 4 is 23.3 Å². The molecule has 3 rings (SSSR count). The van der Waals surface area contributed by atoms with Crippen LogP contribution in [0.25, 0.3) is 0 Å². The minimum absolute atomic E-state index is 0.0946. The maximum atomic E-state index is 12.3. The number of aryl methyl sites for hydroxylation is 1. The molecule has 3 heterocycles. The summed E-state index contributed by atoms with van der Waals surface area (Å²) in [4.78, 5) is 22.2. The lowest BCUT2D eigenvalue weighted by Gasteiger charge is -2.34. The molecule has 0 radical (unpaired) electrons. The molecule has 1 aliphatic heterocycles. The summed E-state index contributed by atoms with van der Waals surface area (Å²) in [6, 6.07) is 3.23. The first-order chi connectivity index (χ1) is 11.6. The van der Waals surface area contributed by atoms with E-state index in [1.54, 1.807) is 29.4 Å². The number of aliphatic hydroxyl groups is 1. The quantitative estimate of drug-likeness (QED) is 0.834. The SMILES string of the molecule is Cn1ccnc1[C@H](O)C1CCN(C(=O)Nc2cccnc2Cl)CC1. The number of urea groups is 1. The van der Waals surface area contributed by atoms with E-state index in [-0.39, 0.29) is 17.1 Å². The van der Waals surface area contributed by atoms with Gasteiger partial charge in [-0.25, -0.2) is 14.8 Å². The van der Waals surface area contributed by atoms with Crippen LogP contribution < -0.4 is 5.32 Å². The van der Waals surface area contributed by atoms with Crippen molar-refractivity contribution in [1.29, 1.82) is 0 Å². The van der Waals surface area contributed by atoms with Crippen molar-refractivity contribution in [2.24, 2.45) is 13.0 Å². The summed E-state index contributed by atoms with van der Waals surface area (Å²) in [6.45, 7) is 1.16. The van der Waals surface area contributed by atoms with Crippen LogP contribution in [0.5, 0.6) is 0 Å². The Morgan fingerprint density at radius 1 is 1.38 bits per heavy atom. The number of anilines is 1. The minimum Gasteiger partial charge on any atom is -0.385 e. The van der Waals surface area contributed by atoms with E-state index < -0.39 is 6.10 Å². The zero-order valence-corrected chi connectivity index (χ0v) is 14.1. The molecule has 2 aromatic heterocycles. The molecule has 0 spiro atoms. The Morgan fingerprint density at radius 2 is 2.12 bits per heavy atom. The molecule has 8 heteroatoms. The zero-order chi connectivity index (χ0) is 17.1. The van der Waals surface area contributed by atoms with Gasteiger partial charge in [-0.1, -0.05) is 11.6 Å². The van der Waals surface area contributed by atoms with Crippen LogP contribution in [-0.2, 0) is 7.05 Å². The molecule has 1 atom stereocenters. The Labute approximate surface area is 145 Å². The van der Waals surface area contributed by atoms with Gasteiger partial charge in [0.05, 0.1) is 5.69 Å². The first kappa shape index (κ1) is 16.7. The average Bonchev–Trinajstić information content (AvgIpc) is 3.02. The molecule has 2 amide bonds. The molecule has 128 valence electrons. The number of pyridine rings is 1. The maximum Gasteiger partial charge on any atom is 0.321 e. The number of nitrogens with one attached hydrogen (secondary N) is 1. The number of likely N-dealkylation sites (tertiary alicyclic amines) is 1. The molecule has 2 N–H and O–H groups in total. The molecule has 1 saturated heterocycles. The van der Waals surface area contributed by atoms with E-state index >= 15 is 0 Å². The van der Waals surface area contributed by atoms with Crippen LogP contribution >= 0.6 is 11.6 Å². The van der Waals surface area contributed by atoms with Gasteiger partial charge in [-0.05, 0) is 30.9 Å². The second kappa shape index (κ2) is 7.19. The van der Waals surface area contributed by atoms with E-state index in [4.69, 9.17) is 11.6 Å². The Kier molecular flexibility index (Phi) is 5.01. The van der Waals surface area contributed by atoms with Gasteiger partial charge >= 0.3 is 6.03 Å². The van der Waals surface area contributed by atoms with Crippen LogP contribution in [0.2, 0.25) is 5.15 Å². The second-order valence-corrected chi connectivity index (χ2v) is 6.30. The maximum absolute atomic E-state index is 12.3. The number of rotatable bonds is 3. The first-order valence-corrected chi connectivity index (χ1v) is 8.26. The van der Waals surface area contributed by atoms with Crippen molar-refractivity contribution in [3.8, 4) is 0 Å². The molecule has 7 nitrogen and oxygen atoms in total. The molecule has 0 aliphatic carbocycles. The third-order valence-corrected chi connectivity index (χ3v) is 4.70. The monoisotopic (exact) mass is 349 g/mol. The lowest BCUT2D eigenvalue weighted by Crippen LogP contribution is -2.42. The molecule has 1 aliphatic rings. The standard InChI is InChI=1S/C16H20ClN5O2/c1-21-10-7-19-15(21)13(23)11-4-8-22(9-5-11)16(24)20-12-3-2-6-18-14(12)17/h2-3,6-7,10-11,13,23H,4-5,8-9H2,1H3,(H,20,24)/t13-/m1/s1. The van der Waals surface area contributed by atoms with E-state index in [0.717, 1.165) is 12.8 Å². The van der Waals surface area contributed by atoms with E-state index in [1.807, 2.05) is 17.8 Å². The van der Waals surface area contributed by atoms with Crippen molar-refractivity contribution in [2.45, 2.75) is 18.9 Å². The molecule has 0 bridgehead atoms. The van der Waals surface area contributed by atoms with Crippen molar-refractivity contribution in [1.82, 2.24) is 19.4 Å². The Bertz CT molecular complexity index is 712. The largest absolute Gasteiger partial charge is 0.385 e. The predicted octanol–water partition coefficient (Wildman–Crippen LogP) is 2.45. The number of halogens is 1. The van der Waals surface area contributed by atoms with Crippen LogP contribution in [0, 0.1) is 5.92 Å². The fraction of sp³-hybridized carbons (Fsp3) is 0.438. The van der Waals surface area contributed by atoms with E-state index in [0.29, 0.717) is 24.6 Å². The van der Waals surface area contributed by atoms with Crippen LogP contribution in [0.15, 0.2) is 30.7 Å². The number of aliphatic hydroxyl groups excluding tert-OH is 1. The van der Waals surface area contributed by atoms with E-state index in [2.05, 4.69) is 15.3 Å². The van der Waals surface area contributed by atoms with E-state index in [1.165, 1.54) is 0 Å². The number of hydrogen-bond donors (Lipinski definition) is 2. The zero-order valence-electron chi connectivity index (χ0n) is 13.4. The van der Waals surface area contributed by atoms with Gasteiger partial charge in [0, 0.05) is 38.7 Å². The van der Waals surface area contributed by atoms with Crippen LogP contribution in [0.4, 0.5) is 10.5 Å². The van der Waals surface area contributed by atoms with Crippen molar-refractivity contribution in [3.05, 3.63) is 41.7 Å². The highest BCUT2D eigenvalue weighted by Crippen LogP contribution is 2.30. The predicted molar refractivity (Wildman–Crippen MR) is 90.7 cm³/mol. The van der Waals surface area contributed by atoms with Gasteiger partial charge in [-0.2, -0.15) is 0 Å². The lowest BCUT2D eigenvalue weighted by atomic mass is 9.91. The summed E-state index contributed by atoms with van der Waals surface area (Å²) in [7, 11) is 1.87. The summed E-state index contributed by atoms with van der Waals surface area (Å²) in [5.41, 5.74) is 0.499. The first-order valence-electron chi connectivity index (χ1n) is 7.88. The number of aromatic nitrogens is 3. The number of piperidine rings is 1. The minimum atomic E-state index is -0.608. The highest BCUT2D eigenvalue weighted by atomic mass is 35.5. The number of carbonyl (C=O) groups excluding carboxylic acids is 1. The topological polar surface area (TPSA) is 83.3 Å². The summed E-state index contributed by atoms with van der Waals surface area (Å²) in [5.74, 6) is 0.761. The summed E-state index contributed by atoms with van der Waals surface area (Å²) >= 11 is 5.96. The fourth-order valence-corrected chi connectivity index (χ4v) is 3.13. The molecule has 0 unspecified atom stereocenters. The van der Waals surface area contributed by atoms with Gasteiger partial charge in [-0.15, -0.1) is 0 Å². The number of amides is 2. The molecule has 24 heavy (non-hydrogen) atoms. The van der Waals surface area contributed by atoms with Crippen LogP contribution in [0.3, 0.4) is 0 Å². The molecular formula is C16H20ClN5O2. The highest BCUT2D eigenvalue weighted by Gasteiger charge is 2.30. The van der Waals surface area contributed by atoms with Gasteiger partial charge in [0.25, 0.3) is 0 Å². The van der Waals surface area contributed by atoms with Gasteiger partial charge in [0.2, 0.25) is 0 Å².